The minimum Gasteiger partial charge on any atom is -0.349 e. The maximum Gasteiger partial charge on any atom is 0.220 e. The molecule has 0 aromatic heterocycles. The van der Waals surface area contributed by atoms with Crippen molar-refractivity contribution in [2.45, 2.75) is 45.1 Å². The fourth-order valence-electron chi connectivity index (χ4n) is 2.11. The van der Waals surface area contributed by atoms with Gasteiger partial charge in [-0.3, -0.25) is 4.79 Å². The Hall–Kier alpha value is -1.49. The Morgan fingerprint density at radius 3 is 2.50 bits per heavy atom. The molecule has 0 bridgehead atoms. The molecule has 0 saturated carbocycles. The zero-order valence-electron chi connectivity index (χ0n) is 12.0. The molecule has 1 amide bonds. The number of hydrogen-bond donors (Lipinski definition) is 2. The van der Waals surface area contributed by atoms with Crippen molar-refractivity contribution in [2.24, 2.45) is 5.73 Å². The summed E-state index contributed by atoms with van der Waals surface area (Å²) in [5.74, 6) is -1.96. The van der Waals surface area contributed by atoms with Gasteiger partial charge < -0.3 is 11.1 Å². The fraction of sp³-hybridized carbons (Fsp3) is 0.533. The van der Waals surface area contributed by atoms with Gasteiger partial charge in [0.15, 0.2) is 11.6 Å². The van der Waals surface area contributed by atoms with E-state index < -0.39 is 17.2 Å². The van der Waals surface area contributed by atoms with Crippen LogP contribution in [0.2, 0.25) is 0 Å². The second-order valence-corrected chi connectivity index (χ2v) is 4.95. The Bertz CT molecular complexity index is 451. The Morgan fingerprint density at radius 1 is 1.30 bits per heavy atom. The van der Waals surface area contributed by atoms with Crippen LogP contribution in [0, 0.1) is 11.6 Å². The Kier molecular flexibility index (Phi) is 6.07. The smallest absolute Gasteiger partial charge is 0.220 e. The number of hydrogen-bond acceptors (Lipinski definition) is 2. The van der Waals surface area contributed by atoms with E-state index in [0.717, 1.165) is 18.9 Å². The summed E-state index contributed by atoms with van der Waals surface area (Å²) in [4.78, 5) is 11.9. The summed E-state index contributed by atoms with van der Waals surface area (Å²) < 4.78 is 26.5. The van der Waals surface area contributed by atoms with Crippen LogP contribution in [-0.2, 0) is 11.2 Å². The minimum atomic E-state index is -0.888. The van der Waals surface area contributed by atoms with Gasteiger partial charge >= 0.3 is 0 Å². The first-order valence-corrected chi connectivity index (χ1v) is 6.92. The number of amides is 1. The predicted molar refractivity (Wildman–Crippen MR) is 75.2 cm³/mol. The maximum atomic E-state index is 13.5. The number of carbonyl (C=O) groups is 1. The van der Waals surface area contributed by atoms with Gasteiger partial charge in [-0.25, -0.2) is 8.78 Å². The molecule has 0 fully saturated rings. The second-order valence-electron chi connectivity index (χ2n) is 4.95. The third kappa shape index (κ3) is 4.00. The molecule has 0 aliphatic carbocycles. The van der Waals surface area contributed by atoms with Crippen LogP contribution in [0.25, 0.3) is 0 Å². The average molecular weight is 284 g/mol. The third-order valence-corrected chi connectivity index (χ3v) is 3.80. The number of nitrogens with two attached hydrogens (primary N) is 1. The van der Waals surface area contributed by atoms with Crippen LogP contribution in [-0.4, -0.2) is 18.0 Å². The summed E-state index contributed by atoms with van der Waals surface area (Å²) in [6.45, 7) is 4.28. The summed E-state index contributed by atoms with van der Waals surface area (Å²) in [7, 11) is 0. The predicted octanol–water partition coefficient (Wildman–Crippen LogP) is 2.53. The van der Waals surface area contributed by atoms with Gasteiger partial charge in [0, 0.05) is 13.0 Å². The van der Waals surface area contributed by atoms with Crippen molar-refractivity contribution in [3.63, 3.8) is 0 Å². The van der Waals surface area contributed by atoms with E-state index in [1.165, 1.54) is 12.1 Å². The Labute approximate surface area is 118 Å². The van der Waals surface area contributed by atoms with Crippen LogP contribution in [0.1, 0.15) is 38.7 Å². The first-order valence-electron chi connectivity index (χ1n) is 6.92. The van der Waals surface area contributed by atoms with Crippen LogP contribution < -0.4 is 11.1 Å². The van der Waals surface area contributed by atoms with Gasteiger partial charge in [-0.1, -0.05) is 26.0 Å². The molecule has 0 heterocycles. The largest absolute Gasteiger partial charge is 0.349 e. The highest BCUT2D eigenvalue weighted by atomic mass is 19.2. The zero-order chi connectivity index (χ0) is 15.2. The zero-order valence-corrected chi connectivity index (χ0v) is 12.0. The lowest BCUT2D eigenvalue weighted by Gasteiger charge is -2.31. The van der Waals surface area contributed by atoms with Gasteiger partial charge in [0.25, 0.3) is 0 Å². The van der Waals surface area contributed by atoms with Crippen LogP contribution in [0.15, 0.2) is 18.2 Å². The van der Waals surface area contributed by atoms with Crippen molar-refractivity contribution in [3.05, 3.63) is 35.4 Å². The Balaban J connectivity index is 2.61. The van der Waals surface area contributed by atoms with E-state index in [2.05, 4.69) is 5.32 Å². The van der Waals surface area contributed by atoms with Crippen LogP contribution >= 0.6 is 0 Å². The molecule has 1 aromatic carbocycles. The van der Waals surface area contributed by atoms with Crippen LogP contribution in [0.3, 0.4) is 0 Å². The molecule has 0 atom stereocenters. The van der Waals surface area contributed by atoms with Crippen molar-refractivity contribution >= 4 is 5.91 Å². The first-order chi connectivity index (χ1) is 9.48. The summed E-state index contributed by atoms with van der Waals surface area (Å²) in [5, 5.41) is 2.90. The third-order valence-electron chi connectivity index (χ3n) is 3.80. The molecule has 3 N–H and O–H groups in total. The van der Waals surface area contributed by atoms with Crippen molar-refractivity contribution in [1.82, 2.24) is 5.32 Å². The van der Waals surface area contributed by atoms with Crippen molar-refractivity contribution in [1.29, 1.82) is 0 Å². The highest BCUT2D eigenvalue weighted by Gasteiger charge is 2.26. The molecule has 0 aliphatic rings. The van der Waals surface area contributed by atoms with E-state index >= 15 is 0 Å². The SMILES string of the molecule is CCC(CC)(CN)NC(=O)CCc1cccc(F)c1F. The standard InChI is InChI=1S/C15H22F2N2O/c1-3-15(4-2,10-18)19-13(20)9-8-11-6-5-7-12(16)14(11)17/h5-7H,3-4,8-10,18H2,1-2H3,(H,19,20). The number of halogens is 2. The molecule has 0 unspecified atom stereocenters. The number of benzene rings is 1. The number of nitrogens with one attached hydrogen (secondary N) is 1. The Morgan fingerprint density at radius 2 is 1.95 bits per heavy atom. The normalized spacial score (nSPS) is 11.4. The number of aryl methyl sites for hydroxylation is 1. The lowest BCUT2D eigenvalue weighted by Crippen LogP contribution is -2.52. The molecule has 3 nitrogen and oxygen atoms in total. The van der Waals surface area contributed by atoms with Crippen molar-refractivity contribution < 1.29 is 13.6 Å². The summed E-state index contributed by atoms with van der Waals surface area (Å²) >= 11 is 0. The molecule has 0 spiro atoms. The quantitative estimate of drug-likeness (QED) is 0.808. The molecule has 20 heavy (non-hydrogen) atoms. The van der Waals surface area contributed by atoms with E-state index in [1.807, 2.05) is 13.8 Å². The number of carbonyl (C=O) groups excluding carboxylic acids is 1. The minimum absolute atomic E-state index is 0.113. The number of rotatable bonds is 7. The van der Waals surface area contributed by atoms with E-state index in [-0.39, 0.29) is 24.3 Å². The average Bonchev–Trinajstić information content (AvgIpc) is 2.46. The highest BCUT2D eigenvalue weighted by molar-refractivity contribution is 5.77. The van der Waals surface area contributed by atoms with Crippen LogP contribution in [0.4, 0.5) is 8.78 Å². The van der Waals surface area contributed by atoms with E-state index in [0.29, 0.717) is 6.54 Å². The fourth-order valence-corrected chi connectivity index (χ4v) is 2.11. The van der Waals surface area contributed by atoms with Crippen LogP contribution in [0.5, 0.6) is 0 Å². The molecule has 5 heteroatoms. The second kappa shape index (κ2) is 7.33. The van der Waals surface area contributed by atoms with Gasteiger partial charge in [0.05, 0.1) is 5.54 Å². The molecule has 112 valence electrons. The van der Waals surface area contributed by atoms with E-state index in [9.17, 15) is 13.6 Å². The molecule has 1 rings (SSSR count). The molecule has 1 aromatic rings. The van der Waals surface area contributed by atoms with E-state index in [1.54, 1.807) is 0 Å². The molecular weight excluding hydrogens is 262 g/mol. The molecule has 0 saturated heterocycles. The molecule has 0 radical (unpaired) electrons. The first kappa shape index (κ1) is 16.6. The molecular formula is C15H22F2N2O. The lowest BCUT2D eigenvalue weighted by molar-refractivity contribution is -0.123. The van der Waals surface area contributed by atoms with E-state index in [4.69, 9.17) is 5.73 Å². The highest BCUT2D eigenvalue weighted by Crippen LogP contribution is 2.15. The van der Waals surface area contributed by atoms with Gasteiger partial charge in [0.2, 0.25) is 5.91 Å². The van der Waals surface area contributed by atoms with Gasteiger partial charge in [-0.05, 0) is 30.9 Å². The molecule has 0 aliphatic heterocycles. The summed E-state index contributed by atoms with van der Waals surface area (Å²) in [6, 6.07) is 3.99. The van der Waals surface area contributed by atoms with Crippen molar-refractivity contribution in [3.8, 4) is 0 Å². The topological polar surface area (TPSA) is 55.1 Å². The van der Waals surface area contributed by atoms with Gasteiger partial charge in [-0.15, -0.1) is 0 Å². The van der Waals surface area contributed by atoms with Gasteiger partial charge in [-0.2, -0.15) is 0 Å². The monoisotopic (exact) mass is 284 g/mol. The lowest BCUT2D eigenvalue weighted by atomic mass is 9.92. The maximum absolute atomic E-state index is 13.5. The van der Waals surface area contributed by atoms with Crippen molar-refractivity contribution in [2.75, 3.05) is 6.54 Å². The summed E-state index contributed by atoms with van der Waals surface area (Å²) in [5.41, 5.74) is 5.51. The van der Waals surface area contributed by atoms with Gasteiger partial charge in [0.1, 0.15) is 0 Å². The summed E-state index contributed by atoms with van der Waals surface area (Å²) in [6.07, 6.45) is 1.76.